The molecule has 1 atom stereocenters. The highest BCUT2D eigenvalue weighted by Crippen LogP contribution is 2.43. The molecule has 1 N–H and O–H groups in total. The van der Waals surface area contributed by atoms with Crippen LogP contribution in [0.5, 0.6) is 28.7 Å². The van der Waals surface area contributed by atoms with Crippen molar-refractivity contribution in [2.45, 2.75) is 109 Å². The van der Waals surface area contributed by atoms with E-state index in [1.807, 2.05) is 36.4 Å². The van der Waals surface area contributed by atoms with Crippen molar-refractivity contribution in [3.05, 3.63) is 126 Å². The molecule has 2 fully saturated rings. The molecular formula is C59H70N2O16S. The van der Waals surface area contributed by atoms with Gasteiger partial charge < -0.3 is 33.5 Å². The van der Waals surface area contributed by atoms with Crippen LogP contribution in [0.15, 0.2) is 110 Å². The molecule has 5 aromatic rings. The molecule has 1 aromatic heterocycles. The monoisotopic (exact) mass is 1090 g/mol. The Kier molecular flexibility index (Phi) is 23.7. The molecule has 0 radical (unpaired) electrons. The van der Waals surface area contributed by atoms with E-state index >= 15 is 0 Å². The maximum absolute atomic E-state index is 13.7. The number of benzene rings is 4. The number of carbonyl (C=O) groups is 3. The van der Waals surface area contributed by atoms with E-state index in [9.17, 15) is 29.8 Å². The Morgan fingerprint density at radius 1 is 0.641 bits per heavy atom. The third-order valence-corrected chi connectivity index (χ3v) is 15.1. The molecule has 2 saturated carbocycles. The van der Waals surface area contributed by atoms with Gasteiger partial charge in [-0.3, -0.25) is 20.2 Å². The minimum absolute atomic E-state index is 0.0453. The molecule has 2 aliphatic carbocycles. The summed E-state index contributed by atoms with van der Waals surface area (Å²) in [6, 6.07) is 24.3. The lowest BCUT2D eigenvalue weighted by molar-refractivity contribution is -0.384. The highest BCUT2D eigenvalue weighted by atomic mass is 32.1. The number of carbonyl (C=O) groups excluding carboxylic acids is 3. The van der Waals surface area contributed by atoms with Crippen molar-refractivity contribution in [2.24, 2.45) is 23.7 Å². The predicted molar refractivity (Wildman–Crippen MR) is 291 cm³/mol. The van der Waals surface area contributed by atoms with Gasteiger partial charge in [0.1, 0.15) is 32.8 Å². The zero-order valence-corrected chi connectivity index (χ0v) is 44.8. The van der Waals surface area contributed by atoms with Gasteiger partial charge in [-0.15, -0.1) is 11.3 Å². The number of non-ortho nitro benzene ring substituents is 1. The van der Waals surface area contributed by atoms with Crippen molar-refractivity contribution in [2.75, 3.05) is 39.6 Å². The maximum atomic E-state index is 13.7. The first-order valence-electron chi connectivity index (χ1n) is 26.9. The highest BCUT2D eigenvalue weighted by Gasteiger charge is 2.32. The van der Waals surface area contributed by atoms with Gasteiger partial charge in [-0.1, -0.05) is 25.3 Å². The number of nitro benzene ring substituents is 1. The third kappa shape index (κ3) is 18.4. The molecule has 1 heterocycles. The molecule has 0 aliphatic heterocycles. The van der Waals surface area contributed by atoms with Crippen LogP contribution in [0.3, 0.4) is 0 Å². The van der Waals surface area contributed by atoms with Crippen LogP contribution in [0.2, 0.25) is 0 Å². The SMILES string of the molecule is C=CC(=O)OCCCCCCOc1ccc(OOCC2CCC(C(=O)Oc3ccc(OOCC4CCC(C(OO)c5ccc(OCCCCCCOC(=O)C=C)cc5)CC4)c4sc(-c5ccc([N+](=O)[O-])cc5)nc34)CC2)cc1. The lowest BCUT2D eigenvalue weighted by Gasteiger charge is -2.32. The maximum Gasteiger partial charge on any atom is 0.330 e. The van der Waals surface area contributed by atoms with Gasteiger partial charge in [0, 0.05) is 29.8 Å². The van der Waals surface area contributed by atoms with Crippen molar-refractivity contribution in [3.63, 3.8) is 0 Å². The molecule has 7 rings (SSSR count). The number of thiazole rings is 1. The fourth-order valence-electron chi connectivity index (χ4n) is 9.49. The second kappa shape index (κ2) is 31.5. The number of hydrogen-bond acceptors (Lipinski definition) is 18. The van der Waals surface area contributed by atoms with E-state index in [1.54, 1.807) is 36.4 Å². The summed E-state index contributed by atoms with van der Waals surface area (Å²) in [6.07, 6.45) is 15.0. The van der Waals surface area contributed by atoms with E-state index < -0.39 is 23.0 Å². The van der Waals surface area contributed by atoms with Crippen molar-refractivity contribution >= 4 is 45.1 Å². The molecule has 418 valence electrons. The van der Waals surface area contributed by atoms with Crippen LogP contribution in [0.1, 0.15) is 114 Å². The number of esters is 3. The average Bonchev–Trinajstić information content (AvgIpc) is 3.95. The number of hydrogen-bond donors (Lipinski definition) is 1. The first-order valence-corrected chi connectivity index (χ1v) is 27.8. The fourth-order valence-corrected chi connectivity index (χ4v) is 10.5. The number of unbranched alkanes of at least 4 members (excludes halogenated alkanes) is 6. The lowest BCUT2D eigenvalue weighted by Crippen LogP contribution is -2.27. The molecule has 0 amide bonds. The van der Waals surface area contributed by atoms with E-state index in [1.165, 1.54) is 23.5 Å². The van der Waals surface area contributed by atoms with Crippen LogP contribution in [0.4, 0.5) is 5.69 Å². The van der Waals surface area contributed by atoms with E-state index in [0.717, 1.165) is 119 Å². The summed E-state index contributed by atoms with van der Waals surface area (Å²) in [5.41, 5.74) is 1.88. The number of nitrogens with zero attached hydrogens (tertiary/aromatic N) is 2. The Morgan fingerprint density at radius 2 is 1.15 bits per heavy atom. The van der Waals surface area contributed by atoms with E-state index in [-0.39, 0.29) is 41.1 Å². The summed E-state index contributed by atoms with van der Waals surface area (Å²) < 4.78 is 28.4. The summed E-state index contributed by atoms with van der Waals surface area (Å²) in [5.74, 6) is 1.71. The van der Waals surface area contributed by atoms with E-state index in [0.29, 0.717) is 84.8 Å². The summed E-state index contributed by atoms with van der Waals surface area (Å²) in [5, 5.41) is 21.9. The second-order valence-electron chi connectivity index (χ2n) is 19.6. The zero-order valence-electron chi connectivity index (χ0n) is 44.0. The first-order chi connectivity index (χ1) is 38.1. The van der Waals surface area contributed by atoms with Gasteiger partial charge in [-0.2, -0.15) is 9.78 Å². The van der Waals surface area contributed by atoms with Crippen LogP contribution in [0, 0.1) is 33.8 Å². The van der Waals surface area contributed by atoms with Crippen molar-refractivity contribution in [1.82, 2.24) is 4.98 Å². The van der Waals surface area contributed by atoms with Gasteiger partial charge in [0.2, 0.25) is 0 Å². The Hall–Kier alpha value is -6.90. The molecule has 2 aliphatic rings. The smallest absolute Gasteiger partial charge is 0.330 e. The van der Waals surface area contributed by atoms with Gasteiger partial charge in [0.25, 0.3) is 5.69 Å². The van der Waals surface area contributed by atoms with Gasteiger partial charge in [0.15, 0.2) is 17.2 Å². The molecule has 0 bridgehead atoms. The molecule has 78 heavy (non-hydrogen) atoms. The van der Waals surface area contributed by atoms with Gasteiger partial charge >= 0.3 is 17.9 Å². The topological polar surface area (TPSA) is 220 Å². The summed E-state index contributed by atoms with van der Waals surface area (Å²) in [4.78, 5) is 79.8. The summed E-state index contributed by atoms with van der Waals surface area (Å²) in [6.45, 7) is 9.40. The fraction of sp³-hybridized carbons (Fsp3) is 0.458. The second-order valence-corrected chi connectivity index (χ2v) is 20.6. The van der Waals surface area contributed by atoms with Crippen molar-refractivity contribution in [1.29, 1.82) is 0 Å². The number of rotatable bonds is 33. The van der Waals surface area contributed by atoms with Crippen LogP contribution < -0.4 is 24.0 Å². The molecule has 1 unspecified atom stereocenters. The van der Waals surface area contributed by atoms with Crippen LogP contribution in [0.25, 0.3) is 20.8 Å². The Labute approximate surface area is 458 Å². The van der Waals surface area contributed by atoms with Gasteiger partial charge in [-0.25, -0.2) is 19.5 Å². The standard InChI is InChI=1S/C59H70N2O16S/c1-3-53(62)70-37-11-7-5-9-35-68-48-27-23-44(24-28-48)56(75-67)43-17-13-41(14-18-43)40-73-77-52-34-33-51(55-57(52)78-58(60-55)45-21-25-47(26-22-45)61(65)66)74-59(64)46-19-15-42(16-20-46)39-72-76-50-31-29-49(30-32-50)69-36-10-6-8-12-38-71-54(63)4-2/h3-4,21-34,41-43,46,56,67H,1-2,5-20,35-40H2. The molecular weight excluding hydrogens is 1020 g/mol. The Bertz CT molecular complexity index is 2680. The highest BCUT2D eigenvalue weighted by molar-refractivity contribution is 7.22. The summed E-state index contributed by atoms with van der Waals surface area (Å²) in [7, 11) is 0. The zero-order chi connectivity index (χ0) is 54.9. The average molecular weight is 1100 g/mol. The van der Waals surface area contributed by atoms with Crippen LogP contribution in [-0.2, 0) is 38.5 Å². The predicted octanol–water partition coefficient (Wildman–Crippen LogP) is 13.3. The third-order valence-electron chi connectivity index (χ3n) is 14.0. The van der Waals surface area contributed by atoms with E-state index in [4.69, 9.17) is 53.1 Å². The van der Waals surface area contributed by atoms with Crippen LogP contribution >= 0.6 is 11.3 Å². The first kappa shape index (κ1) is 58.8. The Balaban J connectivity index is 0.843. The van der Waals surface area contributed by atoms with Crippen molar-refractivity contribution in [3.8, 4) is 39.3 Å². The Morgan fingerprint density at radius 3 is 1.71 bits per heavy atom. The van der Waals surface area contributed by atoms with E-state index in [2.05, 4.69) is 13.2 Å². The molecule has 18 nitrogen and oxygen atoms in total. The normalized spacial score (nSPS) is 17.6. The minimum Gasteiger partial charge on any atom is -0.494 e. The largest absolute Gasteiger partial charge is 0.494 e. The minimum atomic E-state index is -0.485. The molecule has 4 aromatic carbocycles. The van der Waals surface area contributed by atoms with Gasteiger partial charge in [0.05, 0.1) is 50.5 Å². The number of nitro groups is 1. The number of aromatic nitrogens is 1. The summed E-state index contributed by atoms with van der Waals surface area (Å²) >= 11 is 1.30. The van der Waals surface area contributed by atoms with Crippen molar-refractivity contribution < 1.29 is 72.7 Å². The van der Waals surface area contributed by atoms with Gasteiger partial charge in [-0.05, 0) is 187 Å². The number of ether oxygens (including phenoxy) is 5. The molecule has 0 saturated heterocycles. The number of fused-ring (bicyclic) bond motifs is 1. The molecule has 19 heteroatoms. The quantitative estimate of drug-likeness (QED) is 0.00785. The molecule has 0 spiro atoms. The van der Waals surface area contributed by atoms with Crippen LogP contribution in [-0.4, -0.2) is 72.7 Å². The lowest BCUT2D eigenvalue weighted by atomic mass is 9.78.